The molecule has 3 nitrogen and oxygen atoms in total. The molecular formula is C19H26O3. The van der Waals surface area contributed by atoms with E-state index in [2.05, 4.69) is 18.2 Å². The van der Waals surface area contributed by atoms with Gasteiger partial charge >= 0.3 is 5.97 Å². The van der Waals surface area contributed by atoms with E-state index in [1.165, 1.54) is 25.3 Å². The van der Waals surface area contributed by atoms with E-state index in [4.69, 9.17) is 9.47 Å². The van der Waals surface area contributed by atoms with E-state index in [-0.39, 0.29) is 5.97 Å². The summed E-state index contributed by atoms with van der Waals surface area (Å²) < 4.78 is 10.4. The van der Waals surface area contributed by atoms with Gasteiger partial charge in [0.1, 0.15) is 6.61 Å². The SMILES string of the molecule is CC(=O)OC/C=C/C=C\CCCCCOCc1ccccc1. The van der Waals surface area contributed by atoms with Crippen LogP contribution in [0.25, 0.3) is 0 Å². The van der Waals surface area contributed by atoms with Gasteiger partial charge in [0.25, 0.3) is 0 Å². The highest BCUT2D eigenvalue weighted by molar-refractivity contribution is 5.65. The molecule has 1 aromatic rings. The van der Waals surface area contributed by atoms with Crippen LogP contribution in [0.15, 0.2) is 54.6 Å². The van der Waals surface area contributed by atoms with Crippen molar-refractivity contribution in [2.24, 2.45) is 0 Å². The molecule has 22 heavy (non-hydrogen) atoms. The Bertz CT molecular complexity index is 449. The van der Waals surface area contributed by atoms with Crippen LogP contribution in [0.2, 0.25) is 0 Å². The van der Waals surface area contributed by atoms with E-state index in [1.54, 1.807) is 0 Å². The third-order valence-electron chi connectivity index (χ3n) is 3.04. The van der Waals surface area contributed by atoms with Gasteiger partial charge in [0.2, 0.25) is 0 Å². The minimum absolute atomic E-state index is 0.247. The smallest absolute Gasteiger partial charge is 0.302 e. The average molecular weight is 302 g/mol. The molecule has 0 bridgehead atoms. The molecule has 0 unspecified atom stereocenters. The Morgan fingerprint density at radius 1 is 1.05 bits per heavy atom. The van der Waals surface area contributed by atoms with Gasteiger partial charge in [-0.05, 0) is 30.9 Å². The summed E-state index contributed by atoms with van der Waals surface area (Å²) in [6.07, 6.45) is 12.4. The topological polar surface area (TPSA) is 35.5 Å². The quantitative estimate of drug-likeness (QED) is 0.344. The Balaban J connectivity index is 1.88. The highest BCUT2D eigenvalue weighted by atomic mass is 16.5. The monoisotopic (exact) mass is 302 g/mol. The zero-order valence-corrected chi connectivity index (χ0v) is 13.4. The first kappa shape index (κ1) is 18.2. The molecule has 0 aliphatic carbocycles. The van der Waals surface area contributed by atoms with Crippen molar-refractivity contribution in [1.29, 1.82) is 0 Å². The van der Waals surface area contributed by atoms with E-state index >= 15 is 0 Å². The highest BCUT2D eigenvalue weighted by Gasteiger charge is 1.92. The molecule has 0 N–H and O–H groups in total. The van der Waals surface area contributed by atoms with Crippen LogP contribution in [0.1, 0.15) is 38.2 Å². The molecule has 0 amide bonds. The number of carbonyl (C=O) groups is 1. The van der Waals surface area contributed by atoms with Gasteiger partial charge in [-0.25, -0.2) is 0 Å². The molecule has 0 aliphatic rings. The first-order chi connectivity index (χ1) is 10.8. The molecule has 1 rings (SSSR count). The zero-order valence-electron chi connectivity index (χ0n) is 13.4. The van der Waals surface area contributed by atoms with E-state index in [1.807, 2.05) is 36.4 Å². The summed E-state index contributed by atoms with van der Waals surface area (Å²) in [7, 11) is 0. The van der Waals surface area contributed by atoms with Crippen LogP contribution in [0, 0.1) is 0 Å². The maximum absolute atomic E-state index is 10.5. The number of hydrogen-bond acceptors (Lipinski definition) is 3. The Kier molecular flexibility index (Phi) is 10.6. The first-order valence-corrected chi connectivity index (χ1v) is 7.86. The van der Waals surface area contributed by atoms with Crippen LogP contribution < -0.4 is 0 Å². The second-order valence-electron chi connectivity index (χ2n) is 5.05. The molecule has 0 aliphatic heterocycles. The van der Waals surface area contributed by atoms with E-state index in [9.17, 15) is 4.79 Å². The molecule has 0 spiro atoms. The number of allylic oxidation sites excluding steroid dienone is 3. The van der Waals surface area contributed by atoms with E-state index in [0.717, 1.165) is 19.4 Å². The van der Waals surface area contributed by atoms with Crippen molar-refractivity contribution in [3.63, 3.8) is 0 Å². The van der Waals surface area contributed by atoms with Crippen molar-refractivity contribution in [2.45, 2.75) is 39.2 Å². The number of hydrogen-bond donors (Lipinski definition) is 0. The summed E-state index contributed by atoms with van der Waals surface area (Å²) >= 11 is 0. The second kappa shape index (κ2) is 12.8. The van der Waals surface area contributed by atoms with Gasteiger partial charge < -0.3 is 9.47 Å². The molecule has 0 atom stereocenters. The minimum atomic E-state index is -0.247. The maximum atomic E-state index is 10.5. The van der Waals surface area contributed by atoms with Crippen LogP contribution in [0.4, 0.5) is 0 Å². The van der Waals surface area contributed by atoms with Gasteiger partial charge in [-0.2, -0.15) is 0 Å². The Hall–Kier alpha value is -1.87. The molecule has 0 saturated heterocycles. The average Bonchev–Trinajstić information content (AvgIpc) is 2.52. The van der Waals surface area contributed by atoms with Gasteiger partial charge in [-0.1, -0.05) is 55.0 Å². The zero-order chi connectivity index (χ0) is 15.9. The van der Waals surface area contributed by atoms with Crippen LogP contribution in [-0.2, 0) is 20.9 Å². The highest BCUT2D eigenvalue weighted by Crippen LogP contribution is 2.04. The fraction of sp³-hybridized carbons (Fsp3) is 0.421. The standard InChI is InChI=1S/C19H26O3/c1-18(20)22-16-12-7-5-3-2-4-6-11-15-21-17-19-13-9-8-10-14-19/h3,5,7-10,12-14H,2,4,6,11,15-17H2,1H3/b5-3-,12-7+. The van der Waals surface area contributed by atoms with Gasteiger partial charge in [-0.15, -0.1) is 0 Å². The lowest BCUT2D eigenvalue weighted by Gasteiger charge is -2.03. The van der Waals surface area contributed by atoms with Crippen molar-refractivity contribution in [2.75, 3.05) is 13.2 Å². The van der Waals surface area contributed by atoms with Crippen molar-refractivity contribution in [1.82, 2.24) is 0 Å². The fourth-order valence-electron chi connectivity index (χ4n) is 1.88. The lowest BCUT2D eigenvalue weighted by molar-refractivity contribution is -0.139. The van der Waals surface area contributed by atoms with Crippen LogP contribution in [-0.4, -0.2) is 19.2 Å². The number of benzene rings is 1. The van der Waals surface area contributed by atoms with Crippen LogP contribution in [0.5, 0.6) is 0 Å². The van der Waals surface area contributed by atoms with Crippen molar-refractivity contribution >= 4 is 5.97 Å². The lowest BCUT2D eigenvalue weighted by atomic mass is 10.2. The minimum Gasteiger partial charge on any atom is -0.462 e. The summed E-state index contributed by atoms with van der Waals surface area (Å²) in [6, 6.07) is 10.2. The normalized spacial score (nSPS) is 11.3. The summed E-state index contributed by atoms with van der Waals surface area (Å²) in [4.78, 5) is 10.5. The van der Waals surface area contributed by atoms with E-state index < -0.39 is 0 Å². The number of ether oxygens (including phenoxy) is 2. The Labute approximate surface area is 133 Å². The Morgan fingerprint density at radius 2 is 1.82 bits per heavy atom. The molecule has 1 aromatic carbocycles. The number of rotatable bonds is 11. The first-order valence-electron chi connectivity index (χ1n) is 7.86. The second-order valence-corrected chi connectivity index (χ2v) is 5.05. The van der Waals surface area contributed by atoms with Gasteiger partial charge in [0, 0.05) is 13.5 Å². The molecule has 0 aromatic heterocycles. The third kappa shape index (κ3) is 10.9. The summed E-state index contributed by atoms with van der Waals surface area (Å²) in [5, 5.41) is 0. The van der Waals surface area contributed by atoms with Crippen LogP contribution >= 0.6 is 0 Å². The molecule has 0 fully saturated rings. The lowest BCUT2D eigenvalue weighted by Crippen LogP contribution is -1.96. The van der Waals surface area contributed by atoms with Crippen molar-refractivity contribution in [3.05, 3.63) is 60.2 Å². The summed E-state index contributed by atoms with van der Waals surface area (Å²) in [5.41, 5.74) is 1.23. The van der Waals surface area contributed by atoms with E-state index in [0.29, 0.717) is 13.2 Å². The predicted molar refractivity (Wildman–Crippen MR) is 89.5 cm³/mol. The van der Waals surface area contributed by atoms with Crippen LogP contribution in [0.3, 0.4) is 0 Å². The Morgan fingerprint density at radius 3 is 2.59 bits per heavy atom. The molecule has 0 saturated carbocycles. The summed E-state index contributed by atoms with van der Waals surface area (Å²) in [5.74, 6) is -0.247. The van der Waals surface area contributed by atoms with Gasteiger partial charge in [0.15, 0.2) is 0 Å². The van der Waals surface area contributed by atoms with Gasteiger partial charge in [0.05, 0.1) is 6.61 Å². The third-order valence-corrected chi connectivity index (χ3v) is 3.04. The molecule has 3 heteroatoms. The maximum Gasteiger partial charge on any atom is 0.302 e. The van der Waals surface area contributed by atoms with Crippen molar-refractivity contribution in [3.8, 4) is 0 Å². The fourth-order valence-corrected chi connectivity index (χ4v) is 1.88. The number of esters is 1. The molecule has 120 valence electrons. The van der Waals surface area contributed by atoms with Gasteiger partial charge in [-0.3, -0.25) is 4.79 Å². The number of unbranched alkanes of at least 4 members (excludes halogenated alkanes) is 3. The largest absolute Gasteiger partial charge is 0.462 e. The molecule has 0 heterocycles. The molecule has 0 radical (unpaired) electrons. The summed E-state index contributed by atoms with van der Waals surface area (Å²) in [6.45, 7) is 3.28. The van der Waals surface area contributed by atoms with Crippen molar-refractivity contribution < 1.29 is 14.3 Å². The predicted octanol–water partition coefficient (Wildman–Crippen LogP) is 4.44. The molecular weight excluding hydrogens is 276 g/mol. The number of carbonyl (C=O) groups excluding carboxylic acids is 1.